The molecule has 4 aromatic rings. The second kappa shape index (κ2) is 5.10. The van der Waals surface area contributed by atoms with Crippen LogP contribution < -0.4 is 11.1 Å². The summed E-state index contributed by atoms with van der Waals surface area (Å²) in [5.41, 5.74) is 2.60. The van der Waals surface area contributed by atoms with Gasteiger partial charge in [-0.3, -0.25) is 9.78 Å². The lowest BCUT2D eigenvalue weighted by Crippen LogP contribution is -2.13. The topological polar surface area (TPSA) is 88.0 Å². The van der Waals surface area contributed by atoms with Crippen LogP contribution in [0, 0.1) is 0 Å². The minimum Gasteiger partial charge on any atom is -0.408 e. The van der Waals surface area contributed by atoms with Crippen molar-refractivity contribution in [2.45, 2.75) is 0 Å². The zero-order valence-corrected chi connectivity index (χ0v) is 11.9. The van der Waals surface area contributed by atoms with Crippen molar-refractivity contribution in [2.75, 3.05) is 5.32 Å². The number of fused-ring (bicyclic) bond motifs is 2. The highest BCUT2D eigenvalue weighted by atomic mass is 16.4. The van der Waals surface area contributed by atoms with Crippen molar-refractivity contribution in [2.24, 2.45) is 0 Å². The molecule has 0 saturated carbocycles. The lowest BCUT2D eigenvalue weighted by molar-refractivity contribution is 0.102. The molecule has 0 unspecified atom stereocenters. The molecule has 112 valence electrons. The number of para-hydroxylation sites is 1. The van der Waals surface area contributed by atoms with Gasteiger partial charge in [-0.1, -0.05) is 24.3 Å². The number of carbonyl (C=O) groups is 1. The van der Waals surface area contributed by atoms with Crippen LogP contribution in [0.2, 0.25) is 0 Å². The molecule has 0 spiro atoms. The van der Waals surface area contributed by atoms with E-state index in [1.807, 2.05) is 30.3 Å². The summed E-state index contributed by atoms with van der Waals surface area (Å²) < 4.78 is 4.92. The van der Waals surface area contributed by atoms with Crippen LogP contribution in [0.5, 0.6) is 0 Å². The number of aromatic amines is 1. The molecule has 23 heavy (non-hydrogen) atoms. The number of carbonyl (C=O) groups excluding carboxylic acids is 1. The fourth-order valence-corrected chi connectivity index (χ4v) is 2.42. The van der Waals surface area contributed by atoms with Crippen LogP contribution in [-0.2, 0) is 0 Å². The van der Waals surface area contributed by atoms with E-state index >= 15 is 0 Å². The quantitative estimate of drug-likeness (QED) is 0.596. The zero-order valence-electron chi connectivity index (χ0n) is 11.9. The van der Waals surface area contributed by atoms with Gasteiger partial charge in [-0.15, -0.1) is 0 Å². The molecule has 4 rings (SSSR count). The molecule has 2 heterocycles. The third kappa shape index (κ3) is 2.46. The molecular weight excluding hydrogens is 294 g/mol. The van der Waals surface area contributed by atoms with E-state index in [1.54, 1.807) is 24.3 Å². The average Bonchev–Trinajstić information content (AvgIpc) is 2.93. The van der Waals surface area contributed by atoms with E-state index in [-0.39, 0.29) is 5.91 Å². The largest absolute Gasteiger partial charge is 0.417 e. The van der Waals surface area contributed by atoms with Crippen molar-refractivity contribution in [3.8, 4) is 0 Å². The molecule has 6 heteroatoms. The van der Waals surface area contributed by atoms with Gasteiger partial charge in [0.2, 0.25) is 0 Å². The van der Waals surface area contributed by atoms with Gasteiger partial charge in [0.25, 0.3) is 5.91 Å². The summed E-state index contributed by atoms with van der Waals surface area (Å²) in [6.45, 7) is 0. The minimum absolute atomic E-state index is 0.319. The number of anilines is 1. The number of nitrogens with one attached hydrogen (secondary N) is 2. The molecule has 0 radical (unpaired) electrons. The third-order valence-electron chi connectivity index (χ3n) is 3.51. The summed E-state index contributed by atoms with van der Waals surface area (Å²) in [6.07, 6.45) is 0. The van der Waals surface area contributed by atoms with Crippen LogP contribution >= 0.6 is 0 Å². The van der Waals surface area contributed by atoms with Crippen molar-refractivity contribution in [3.05, 3.63) is 70.8 Å². The summed E-state index contributed by atoms with van der Waals surface area (Å²) >= 11 is 0. The van der Waals surface area contributed by atoms with Gasteiger partial charge in [0.15, 0.2) is 5.58 Å². The Kier molecular flexibility index (Phi) is 2.94. The van der Waals surface area contributed by atoms with Crippen molar-refractivity contribution >= 4 is 33.6 Å². The van der Waals surface area contributed by atoms with Gasteiger partial charge in [-0.05, 0) is 30.3 Å². The Morgan fingerprint density at radius 1 is 1.09 bits per heavy atom. The first-order valence-electron chi connectivity index (χ1n) is 6.99. The van der Waals surface area contributed by atoms with E-state index in [0.29, 0.717) is 22.5 Å². The molecule has 2 aromatic heterocycles. The maximum absolute atomic E-state index is 12.3. The fourth-order valence-electron chi connectivity index (χ4n) is 2.42. The number of oxazole rings is 1. The van der Waals surface area contributed by atoms with E-state index in [0.717, 1.165) is 10.9 Å². The van der Waals surface area contributed by atoms with E-state index in [4.69, 9.17) is 4.42 Å². The number of pyridine rings is 1. The Bertz CT molecular complexity index is 1090. The van der Waals surface area contributed by atoms with Crippen molar-refractivity contribution < 1.29 is 9.21 Å². The number of nitrogens with zero attached hydrogens (tertiary/aromatic N) is 1. The summed E-state index contributed by atoms with van der Waals surface area (Å²) in [6, 6.07) is 16.0. The van der Waals surface area contributed by atoms with Crippen LogP contribution in [0.4, 0.5) is 5.69 Å². The molecule has 2 N–H and O–H groups in total. The summed E-state index contributed by atoms with van der Waals surface area (Å²) in [7, 11) is 0. The molecular formula is C17H11N3O3. The molecule has 6 nitrogen and oxygen atoms in total. The highest BCUT2D eigenvalue weighted by Crippen LogP contribution is 2.17. The van der Waals surface area contributed by atoms with Crippen LogP contribution in [0.1, 0.15) is 10.5 Å². The van der Waals surface area contributed by atoms with E-state index in [2.05, 4.69) is 15.3 Å². The van der Waals surface area contributed by atoms with E-state index < -0.39 is 5.76 Å². The number of amides is 1. The van der Waals surface area contributed by atoms with Crippen molar-refractivity contribution in [3.63, 3.8) is 0 Å². The molecule has 0 aliphatic heterocycles. The van der Waals surface area contributed by atoms with Crippen LogP contribution in [0.3, 0.4) is 0 Å². The molecule has 0 bridgehead atoms. The lowest BCUT2D eigenvalue weighted by atomic mass is 10.2. The maximum Gasteiger partial charge on any atom is 0.417 e. The SMILES string of the molecule is O=C(Nc1ccc2oc(=O)[nH]c2c1)c1ccc2ccccc2n1. The summed E-state index contributed by atoms with van der Waals surface area (Å²) in [5, 5.41) is 3.73. The van der Waals surface area contributed by atoms with Crippen molar-refractivity contribution in [1.82, 2.24) is 9.97 Å². The van der Waals surface area contributed by atoms with E-state index in [9.17, 15) is 9.59 Å². The maximum atomic E-state index is 12.3. The molecule has 1 amide bonds. The Balaban J connectivity index is 1.65. The monoisotopic (exact) mass is 305 g/mol. The first kappa shape index (κ1) is 13.3. The highest BCUT2D eigenvalue weighted by Gasteiger charge is 2.10. The second-order valence-electron chi connectivity index (χ2n) is 5.07. The van der Waals surface area contributed by atoms with Crippen LogP contribution in [-0.4, -0.2) is 15.9 Å². The Morgan fingerprint density at radius 2 is 1.96 bits per heavy atom. The predicted octanol–water partition coefficient (Wildman–Crippen LogP) is 2.92. The molecule has 0 fully saturated rings. The number of benzene rings is 2. The Labute approximate surface area is 129 Å². The lowest BCUT2D eigenvalue weighted by Gasteiger charge is -2.05. The van der Waals surface area contributed by atoms with Gasteiger partial charge < -0.3 is 9.73 Å². The number of rotatable bonds is 2. The molecule has 2 aromatic carbocycles. The molecule has 0 aliphatic rings. The van der Waals surface area contributed by atoms with Gasteiger partial charge >= 0.3 is 5.76 Å². The fraction of sp³-hybridized carbons (Fsp3) is 0. The van der Waals surface area contributed by atoms with Crippen LogP contribution in [0.15, 0.2) is 63.8 Å². The van der Waals surface area contributed by atoms with E-state index in [1.165, 1.54) is 0 Å². The highest BCUT2D eigenvalue weighted by molar-refractivity contribution is 6.04. The predicted molar refractivity (Wildman–Crippen MR) is 86.5 cm³/mol. The Hall–Kier alpha value is -3.41. The average molecular weight is 305 g/mol. The smallest absolute Gasteiger partial charge is 0.408 e. The number of H-pyrrole nitrogens is 1. The molecule has 0 aliphatic carbocycles. The van der Waals surface area contributed by atoms with Gasteiger partial charge in [-0.2, -0.15) is 0 Å². The first-order chi connectivity index (χ1) is 11.2. The van der Waals surface area contributed by atoms with Gasteiger partial charge in [0.1, 0.15) is 5.69 Å². The van der Waals surface area contributed by atoms with Crippen molar-refractivity contribution in [1.29, 1.82) is 0 Å². The Morgan fingerprint density at radius 3 is 2.87 bits per heavy atom. The van der Waals surface area contributed by atoms with Gasteiger partial charge in [0.05, 0.1) is 11.0 Å². The van der Waals surface area contributed by atoms with Gasteiger partial charge in [0, 0.05) is 11.1 Å². The summed E-state index contributed by atoms with van der Waals surface area (Å²) in [4.78, 5) is 30.4. The third-order valence-corrected chi connectivity index (χ3v) is 3.51. The van der Waals surface area contributed by atoms with Crippen LogP contribution in [0.25, 0.3) is 22.0 Å². The number of hydrogen-bond acceptors (Lipinski definition) is 4. The number of aromatic nitrogens is 2. The second-order valence-corrected chi connectivity index (χ2v) is 5.07. The summed E-state index contributed by atoms with van der Waals surface area (Å²) in [5.74, 6) is -0.847. The number of hydrogen-bond donors (Lipinski definition) is 2. The molecule has 0 saturated heterocycles. The molecule has 0 atom stereocenters. The first-order valence-corrected chi connectivity index (χ1v) is 6.99. The standard InChI is InChI=1S/C17H11N3O3/c21-16(13-7-5-10-3-1-2-4-12(10)19-13)18-11-6-8-15-14(9-11)20-17(22)23-15/h1-9H,(H,18,21)(H,20,22). The normalized spacial score (nSPS) is 11.0. The zero-order chi connectivity index (χ0) is 15.8. The van der Waals surface area contributed by atoms with Gasteiger partial charge in [-0.25, -0.2) is 9.78 Å². The minimum atomic E-state index is -0.528.